The summed E-state index contributed by atoms with van der Waals surface area (Å²) in [6.45, 7) is 6.93. The van der Waals surface area contributed by atoms with Crippen molar-refractivity contribution in [2.45, 2.75) is 26.4 Å². The van der Waals surface area contributed by atoms with Gasteiger partial charge in [0.2, 0.25) is 0 Å². The van der Waals surface area contributed by atoms with Crippen molar-refractivity contribution < 1.29 is 14.6 Å². The summed E-state index contributed by atoms with van der Waals surface area (Å²) in [4.78, 5) is 0. The molecular weight excluding hydrogens is 192 g/mol. The van der Waals surface area contributed by atoms with Crippen LogP contribution in [0.25, 0.3) is 0 Å². The highest BCUT2D eigenvalue weighted by molar-refractivity contribution is 5.37. The normalized spacial score (nSPS) is 11.4. The summed E-state index contributed by atoms with van der Waals surface area (Å²) in [7, 11) is 0. The zero-order valence-electron chi connectivity index (χ0n) is 9.49. The Hall–Kier alpha value is -1.22. The van der Waals surface area contributed by atoms with Crippen LogP contribution in [-0.4, -0.2) is 23.9 Å². The monoisotopic (exact) mass is 210 g/mol. The number of rotatable bonds is 4. The molecule has 0 saturated heterocycles. The van der Waals surface area contributed by atoms with E-state index in [0.29, 0.717) is 19.0 Å². The van der Waals surface area contributed by atoms with E-state index in [1.807, 2.05) is 26.8 Å². The molecule has 0 aliphatic carbocycles. The van der Waals surface area contributed by atoms with Crippen LogP contribution in [0.4, 0.5) is 0 Å². The summed E-state index contributed by atoms with van der Waals surface area (Å²) >= 11 is 0. The zero-order valence-corrected chi connectivity index (χ0v) is 9.49. The summed E-state index contributed by atoms with van der Waals surface area (Å²) in [5, 5.41) is 9.40. The molecule has 0 aromatic heterocycles. The van der Waals surface area contributed by atoms with Crippen molar-refractivity contribution in [2.24, 2.45) is 0 Å². The average molecular weight is 210 g/mol. The van der Waals surface area contributed by atoms with E-state index in [-0.39, 0.29) is 11.4 Å². The Morgan fingerprint density at radius 3 is 2.40 bits per heavy atom. The largest absolute Gasteiger partial charge is 0.504 e. The molecule has 1 rings (SSSR count). The van der Waals surface area contributed by atoms with Crippen LogP contribution in [0.5, 0.6) is 11.5 Å². The second-order valence-electron chi connectivity index (χ2n) is 4.28. The first-order chi connectivity index (χ1) is 6.99. The first-order valence-electron chi connectivity index (χ1n) is 5.04. The lowest BCUT2D eigenvalue weighted by Gasteiger charge is -2.19. The Morgan fingerprint density at radius 2 is 1.80 bits per heavy atom. The molecule has 0 aliphatic rings. The van der Waals surface area contributed by atoms with E-state index in [4.69, 9.17) is 9.47 Å². The molecule has 0 heterocycles. The molecule has 1 N–H and O–H groups in total. The minimum atomic E-state index is -0.151. The summed E-state index contributed by atoms with van der Waals surface area (Å²) in [6.07, 6.45) is 0. The summed E-state index contributed by atoms with van der Waals surface area (Å²) in [5.74, 6) is 0.656. The highest BCUT2D eigenvalue weighted by Crippen LogP contribution is 2.24. The summed E-state index contributed by atoms with van der Waals surface area (Å²) in [6, 6.07) is 6.90. The van der Waals surface area contributed by atoms with Gasteiger partial charge in [0, 0.05) is 0 Å². The standard InChI is InChI=1S/C12H18O3/c1-12(2,3)15-9-8-14-11-7-5-4-6-10(11)13/h4-7,13H,8-9H2,1-3H3. The minimum absolute atomic E-state index is 0.151. The Kier molecular flexibility index (Phi) is 3.97. The maximum atomic E-state index is 9.40. The van der Waals surface area contributed by atoms with Gasteiger partial charge in [-0.05, 0) is 32.9 Å². The van der Waals surface area contributed by atoms with E-state index >= 15 is 0 Å². The van der Waals surface area contributed by atoms with Crippen molar-refractivity contribution in [2.75, 3.05) is 13.2 Å². The van der Waals surface area contributed by atoms with Gasteiger partial charge < -0.3 is 14.6 Å². The van der Waals surface area contributed by atoms with E-state index in [2.05, 4.69) is 0 Å². The van der Waals surface area contributed by atoms with E-state index in [1.54, 1.807) is 18.2 Å². The highest BCUT2D eigenvalue weighted by Gasteiger charge is 2.09. The van der Waals surface area contributed by atoms with E-state index in [9.17, 15) is 5.11 Å². The molecule has 3 nitrogen and oxygen atoms in total. The van der Waals surface area contributed by atoms with Gasteiger partial charge in [-0.3, -0.25) is 0 Å². The number of phenols is 1. The number of hydrogen-bond donors (Lipinski definition) is 1. The maximum absolute atomic E-state index is 9.40. The zero-order chi connectivity index (χ0) is 11.3. The van der Waals surface area contributed by atoms with Crippen molar-refractivity contribution >= 4 is 0 Å². The van der Waals surface area contributed by atoms with Crippen molar-refractivity contribution in [3.8, 4) is 11.5 Å². The van der Waals surface area contributed by atoms with Crippen LogP contribution in [0.3, 0.4) is 0 Å². The highest BCUT2D eigenvalue weighted by atomic mass is 16.5. The third-order valence-corrected chi connectivity index (χ3v) is 1.74. The number of hydrogen-bond acceptors (Lipinski definition) is 3. The molecule has 0 amide bonds. The average Bonchev–Trinajstić information content (AvgIpc) is 2.13. The summed E-state index contributed by atoms with van der Waals surface area (Å²) < 4.78 is 10.8. The Labute approximate surface area is 90.6 Å². The number of para-hydroxylation sites is 2. The molecule has 1 aromatic rings. The van der Waals surface area contributed by atoms with Crippen LogP contribution in [0.2, 0.25) is 0 Å². The Bertz CT molecular complexity index is 302. The molecule has 0 radical (unpaired) electrons. The van der Waals surface area contributed by atoms with Crippen molar-refractivity contribution in [3.05, 3.63) is 24.3 Å². The fourth-order valence-electron chi connectivity index (χ4n) is 1.08. The Balaban J connectivity index is 2.30. The first-order valence-corrected chi connectivity index (χ1v) is 5.04. The molecule has 0 atom stereocenters. The van der Waals surface area contributed by atoms with Crippen LogP contribution in [0.1, 0.15) is 20.8 Å². The lowest BCUT2D eigenvalue weighted by molar-refractivity contribution is -0.0165. The van der Waals surface area contributed by atoms with Crippen LogP contribution in [0, 0.1) is 0 Å². The molecule has 0 fully saturated rings. The van der Waals surface area contributed by atoms with Crippen molar-refractivity contribution in [1.82, 2.24) is 0 Å². The number of phenolic OH excluding ortho intramolecular Hbond substituents is 1. The second-order valence-corrected chi connectivity index (χ2v) is 4.28. The third kappa shape index (κ3) is 4.70. The van der Waals surface area contributed by atoms with Crippen LogP contribution in [0.15, 0.2) is 24.3 Å². The molecule has 0 unspecified atom stereocenters. The van der Waals surface area contributed by atoms with Crippen LogP contribution < -0.4 is 4.74 Å². The van der Waals surface area contributed by atoms with Gasteiger partial charge >= 0.3 is 0 Å². The molecule has 0 bridgehead atoms. The molecule has 84 valence electrons. The second kappa shape index (κ2) is 5.03. The van der Waals surface area contributed by atoms with Gasteiger partial charge in [0.05, 0.1) is 12.2 Å². The minimum Gasteiger partial charge on any atom is -0.504 e. The maximum Gasteiger partial charge on any atom is 0.161 e. The third-order valence-electron chi connectivity index (χ3n) is 1.74. The predicted octanol–water partition coefficient (Wildman–Crippen LogP) is 2.59. The van der Waals surface area contributed by atoms with Gasteiger partial charge in [-0.25, -0.2) is 0 Å². The predicted molar refractivity (Wildman–Crippen MR) is 59.3 cm³/mol. The van der Waals surface area contributed by atoms with Crippen molar-refractivity contribution in [3.63, 3.8) is 0 Å². The fraction of sp³-hybridized carbons (Fsp3) is 0.500. The van der Waals surface area contributed by atoms with Gasteiger partial charge in [0.15, 0.2) is 11.5 Å². The fourth-order valence-corrected chi connectivity index (χ4v) is 1.08. The van der Waals surface area contributed by atoms with Gasteiger partial charge in [-0.2, -0.15) is 0 Å². The molecule has 3 heteroatoms. The molecule has 0 spiro atoms. The molecule has 1 aromatic carbocycles. The summed E-state index contributed by atoms with van der Waals surface area (Å²) in [5.41, 5.74) is -0.151. The number of aromatic hydroxyl groups is 1. The Morgan fingerprint density at radius 1 is 1.13 bits per heavy atom. The number of ether oxygens (including phenoxy) is 2. The SMILES string of the molecule is CC(C)(C)OCCOc1ccccc1O. The molecule has 15 heavy (non-hydrogen) atoms. The van der Waals surface area contributed by atoms with Crippen LogP contribution in [-0.2, 0) is 4.74 Å². The molecule has 0 aliphatic heterocycles. The lowest BCUT2D eigenvalue weighted by Crippen LogP contribution is -2.22. The number of benzene rings is 1. The molecular formula is C12H18O3. The topological polar surface area (TPSA) is 38.7 Å². The molecule has 0 saturated carbocycles. The van der Waals surface area contributed by atoms with Gasteiger partial charge in [-0.1, -0.05) is 12.1 Å². The smallest absolute Gasteiger partial charge is 0.161 e. The van der Waals surface area contributed by atoms with E-state index in [0.717, 1.165) is 0 Å². The van der Waals surface area contributed by atoms with E-state index in [1.165, 1.54) is 0 Å². The van der Waals surface area contributed by atoms with Gasteiger partial charge in [0.25, 0.3) is 0 Å². The first kappa shape index (κ1) is 11.9. The van der Waals surface area contributed by atoms with E-state index < -0.39 is 0 Å². The van der Waals surface area contributed by atoms with Crippen molar-refractivity contribution in [1.29, 1.82) is 0 Å². The lowest BCUT2D eigenvalue weighted by atomic mass is 10.2. The van der Waals surface area contributed by atoms with Gasteiger partial charge in [0.1, 0.15) is 6.61 Å². The van der Waals surface area contributed by atoms with Gasteiger partial charge in [-0.15, -0.1) is 0 Å². The van der Waals surface area contributed by atoms with Crippen LogP contribution >= 0.6 is 0 Å². The quantitative estimate of drug-likeness (QED) is 0.776.